The Hall–Kier alpha value is -2.40. The molecule has 0 unspecified atom stereocenters. The monoisotopic (exact) mass is 370 g/mol. The number of hydrogen-bond acceptors (Lipinski definition) is 4. The van der Waals surface area contributed by atoms with E-state index in [4.69, 9.17) is 11.6 Å². The summed E-state index contributed by atoms with van der Waals surface area (Å²) >= 11 is 6.13. The molecule has 0 aliphatic heterocycles. The van der Waals surface area contributed by atoms with Gasteiger partial charge >= 0.3 is 0 Å². The van der Waals surface area contributed by atoms with Gasteiger partial charge in [0, 0.05) is 18.1 Å². The molecule has 5 nitrogen and oxygen atoms in total. The lowest BCUT2D eigenvalue weighted by molar-refractivity contribution is 0.0948. The molecule has 1 aliphatic rings. The normalized spacial score (nSPS) is 13.8. The van der Waals surface area contributed by atoms with Crippen molar-refractivity contribution >= 4 is 23.3 Å². The van der Waals surface area contributed by atoms with Crippen LogP contribution in [0.5, 0.6) is 0 Å². The molecule has 2 N–H and O–H groups in total. The van der Waals surface area contributed by atoms with E-state index in [1.165, 1.54) is 24.6 Å². The highest BCUT2D eigenvalue weighted by atomic mass is 35.5. The van der Waals surface area contributed by atoms with E-state index in [0.717, 1.165) is 24.8 Å². The van der Waals surface area contributed by atoms with Crippen LogP contribution in [-0.4, -0.2) is 22.4 Å². The molecular weight excluding hydrogens is 348 g/mol. The average molecular weight is 371 g/mol. The smallest absolute Gasteiger partial charge is 0.271 e. The maximum atomic E-state index is 12.2. The molecule has 1 heterocycles. The molecule has 0 radical (unpaired) electrons. The summed E-state index contributed by atoms with van der Waals surface area (Å²) in [5, 5.41) is 6.77. The number of rotatable bonds is 7. The number of nitrogens with one attached hydrogen (secondary N) is 2. The fraction of sp³-hybridized carbons (Fsp3) is 0.350. The minimum atomic E-state index is -0.188. The molecule has 0 fully saturated rings. The number of hydrogen-bond donors (Lipinski definition) is 2. The number of anilines is 1. The number of amides is 1. The number of halogens is 1. The fourth-order valence-electron chi connectivity index (χ4n) is 2.92. The first-order valence-electron chi connectivity index (χ1n) is 8.98. The summed E-state index contributed by atoms with van der Waals surface area (Å²) in [4.78, 5) is 20.6. The fourth-order valence-corrected chi connectivity index (χ4v) is 3.13. The minimum Gasteiger partial charge on any atom is -0.365 e. The molecule has 6 heteroatoms. The van der Waals surface area contributed by atoms with Crippen molar-refractivity contribution in [2.75, 3.05) is 11.9 Å². The van der Waals surface area contributed by atoms with Crippen LogP contribution in [0, 0.1) is 0 Å². The Kier molecular flexibility index (Phi) is 6.61. The van der Waals surface area contributed by atoms with E-state index < -0.39 is 0 Å². The van der Waals surface area contributed by atoms with Crippen molar-refractivity contribution in [1.29, 1.82) is 0 Å². The van der Waals surface area contributed by atoms with Crippen LogP contribution in [0.15, 0.2) is 48.3 Å². The van der Waals surface area contributed by atoms with E-state index in [1.807, 2.05) is 24.3 Å². The van der Waals surface area contributed by atoms with Crippen molar-refractivity contribution in [3.05, 3.63) is 64.6 Å². The molecule has 0 saturated carbocycles. The second-order valence-electron chi connectivity index (χ2n) is 6.35. The maximum Gasteiger partial charge on any atom is 0.271 e. The van der Waals surface area contributed by atoms with Gasteiger partial charge < -0.3 is 10.6 Å². The summed E-state index contributed by atoms with van der Waals surface area (Å²) in [6.45, 7) is 1.19. The highest BCUT2D eigenvalue weighted by Crippen LogP contribution is 2.19. The number of carbonyl (C=O) groups excluding carboxylic acids is 1. The van der Waals surface area contributed by atoms with Crippen LogP contribution in [0.2, 0.25) is 5.02 Å². The first kappa shape index (κ1) is 18.4. The predicted octanol–water partition coefficient (Wildman–Crippen LogP) is 4.36. The van der Waals surface area contributed by atoms with Crippen LogP contribution in [0.3, 0.4) is 0 Å². The Balaban J connectivity index is 1.46. The van der Waals surface area contributed by atoms with Gasteiger partial charge in [-0.05, 0) is 43.7 Å². The predicted molar refractivity (Wildman–Crippen MR) is 104 cm³/mol. The van der Waals surface area contributed by atoms with E-state index in [9.17, 15) is 4.79 Å². The summed E-state index contributed by atoms with van der Waals surface area (Å²) in [6.07, 6.45) is 11.1. The Labute approximate surface area is 158 Å². The number of aromatic nitrogens is 2. The van der Waals surface area contributed by atoms with Crippen LogP contribution in [-0.2, 0) is 6.54 Å². The van der Waals surface area contributed by atoms with Gasteiger partial charge in [0.05, 0.1) is 12.4 Å². The molecule has 1 amide bonds. The number of allylic oxidation sites excluding steroid dienone is 1. The summed E-state index contributed by atoms with van der Waals surface area (Å²) < 4.78 is 0. The van der Waals surface area contributed by atoms with E-state index in [1.54, 1.807) is 6.20 Å². The first-order valence-corrected chi connectivity index (χ1v) is 9.35. The third kappa shape index (κ3) is 5.30. The molecule has 3 rings (SSSR count). The van der Waals surface area contributed by atoms with Crippen LogP contribution < -0.4 is 10.6 Å². The Morgan fingerprint density at radius 3 is 2.77 bits per heavy atom. The van der Waals surface area contributed by atoms with Crippen molar-refractivity contribution in [2.24, 2.45) is 0 Å². The van der Waals surface area contributed by atoms with Gasteiger partial charge in [0.25, 0.3) is 5.91 Å². The topological polar surface area (TPSA) is 66.9 Å². The Morgan fingerprint density at radius 1 is 1.15 bits per heavy atom. The average Bonchev–Trinajstić information content (AvgIpc) is 2.68. The van der Waals surface area contributed by atoms with Crippen molar-refractivity contribution in [3.63, 3.8) is 0 Å². The van der Waals surface area contributed by atoms with Crippen molar-refractivity contribution in [3.8, 4) is 0 Å². The molecule has 0 saturated heterocycles. The molecule has 26 heavy (non-hydrogen) atoms. The third-order valence-electron chi connectivity index (χ3n) is 4.42. The van der Waals surface area contributed by atoms with Crippen molar-refractivity contribution in [2.45, 2.75) is 38.6 Å². The van der Waals surface area contributed by atoms with Crippen LogP contribution >= 0.6 is 11.6 Å². The Morgan fingerprint density at radius 2 is 2.04 bits per heavy atom. The molecule has 0 atom stereocenters. The van der Waals surface area contributed by atoms with E-state index in [-0.39, 0.29) is 5.91 Å². The lowest BCUT2D eigenvalue weighted by Crippen LogP contribution is -2.26. The largest absolute Gasteiger partial charge is 0.365 e. The minimum absolute atomic E-state index is 0.188. The zero-order valence-electron chi connectivity index (χ0n) is 14.7. The van der Waals surface area contributed by atoms with Crippen molar-refractivity contribution in [1.82, 2.24) is 15.3 Å². The van der Waals surface area contributed by atoms with Gasteiger partial charge in [-0.25, -0.2) is 9.97 Å². The molecule has 1 aliphatic carbocycles. The van der Waals surface area contributed by atoms with E-state index in [2.05, 4.69) is 26.7 Å². The second kappa shape index (κ2) is 9.34. The lowest BCUT2D eigenvalue weighted by Gasteiger charge is -2.12. The lowest BCUT2D eigenvalue weighted by atomic mass is 9.97. The maximum absolute atomic E-state index is 12.2. The molecular formula is C20H23ClN4O. The summed E-state index contributed by atoms with van der Waals surface area (Å²) in [6, 6.07) is 7.63. The standard InChI is InChI=1S/C20H23ClN4O/c21-17-9-5-4-8-16(17)12-24-19-14-23-18(13-25-19)20(26)22-11-10-15-6-2-1-3-7-15/h4-6,8-9,13-14H,1-3,7,10-12H2,(H,22,26)(H,24,25). The van der Waals surface area contributed by atoms with Gasteiger partial charge in [0.15, 0.2) is 0 Å². The van der Waals surface area contributed by atoms with Crippen molar-refractivity contribution < 1.29 is 4.79 Å². The summed E-state index contributed by atoms with van der Waals surface area (Å²) in [7, 11) is 0. The summed E-state index contributed by atoms with van der Waals surface area (Å²) in [5.74, 6) is 0.417. The van der Waals surface area contributed by atoms with Gasteiger partial charge in [-0.15, -0.1) is 0 Å². The van der Waals surface area contributed by atoms with E-state index in [0.29, 0.717) is 29.6 Å². The first-order chi connectivity index (χ1) is 12.7. The van der Waals surface area contributed by atoms with Gasteiger partial charge in [-0.3, -0.25) is 4.79 Å². The van der Waals surface area contributed by atoms with Crippen LogP contribution in [0.4, 0.5) is 5.82 Å². The summed E-state index contributed by atoms with van der Waals surface area (Å²) in [5.41, 5.74) is 2.75. The number of nitrogens with zero attached hydrogens (tertiary/aromatic N) is 2. The van der Waals surface area contributed by atoms with E-state index >= 15 is 0 Å². The number of carbonyl (C=O) groups is 1. The number of benzene rings is 1. The molecule has 1 aromatic heterocycles. The van der Waals surface area contributed by atoms with Crippen LogP contribution in [0.1, 0.15) is 48.2 Å². The Bertz CT molecular complexity index is 774. The molecule has 2 aromatic rings. The zero-order valence-corrected chi connectivity index (χ0v) is 15.4. The highest BCUT2D eigenvalue weighted by Gasteiger charge is 2.09. The zero-order chi connectivity index (χ0) is 18.2. The molecule has 1 aromatic carbocycles. The second-order valence-corrected chi connectivity index (χ2v) is 6.75. The van der Waals surface area contributed by atoms with Crippen LogP contribution in [0.25, 0.3) is 0 Å². The van der Waals surface area contributed by atoms with Gasteiger partial charge in [-0.1, -0.05) is 41.4 Å². The highest BCUT2D eigenvalue weighted by molar-refractivity contribution is 6.31. The molecule has 136 valence electrons. The van der Waals surface area contributed by atoms with Gasteiger partial charge in [0.2, 0.25) is 0 Å². The molecule has 0 bridgehead atoms. The molecule has 0 spiro atoms. The van der Waals surface area contributed by atoms with Gasteiger partial charge in [-0.2, -0.15) is 0 Å². The third-order valence-corrected chi connectivity index (χ3v) is 4.79. The SMILES string of the molecule is O=C(NCCC1=CCCCC1)c1cnc(NCc2ccccc2Cl)cn1. The quantitative estimate of drug-likeness (QED) is 0.710. The van der Waals surface area contributed by atoms with Gasteiger partial charge in [0.1, 0.15) is 11.5 Å².